The molecule has 0 saturated heterocycles. The van der Waals surface area contributed by atoms with Crippen molar-refractivity contribution in [3.05, 3.63) is 59.4 Å². The fourth-order valence-electron chi connectivity index (χ4n) is 1.78. The van der Waals surface area contributed by atoms with Crippen LogP contribution in [0.3, 0.4) is 0 Å². The second-order valence-corrected chi connectivity index (χ2v) is 5.02. The summed E-state index contributed by atoms with van der Waals surface area (Å²) in [7, 11) is 1.48. The van der Waals surface area contributed by atoms with Crippen molar-refractivity contribution in [2.75, 3.05) is 7.11 Å². The number of phenolic OH excluding ortho intramolecular Hbond substituents is 1. The van der Waals surface area contributed by atoms with Crippen LogP contribution in [0.2, 0.25) is 0 Å². The van der Waals surface area contributed by atoms with Gasteiger partial charge in [-0.3, -0.25) is 5.43 Å². The maximum Gasteiger partial charge on any atom is 0.187 e. The lowest BCUT2D eigenvalue weighted by atomic mass is 10.2. The zero-order valence-corrected chi connectivity index (χ0v) is 13.2. The Labute approximate surface area is 138 Å². The molecule has 0 aliphatic carbocycles. The SMILES string of the molecule is COc1ccc(/C=N\NC(=S)NCc2ccc(F)cc2)cc1O. The molecule has 0 aliphatic rings. The van der Waals surface area contributed by atoms with Crippen LogP contribution >= 0.6 is 12.2 Å². The first-order valence-electron chi connectivity index (χ1n) is 6.77. The Morgan fingerprint density at radius 3 is 2.70 bits per heavy atom. The number of methoxy groups -OCH3 is 1. The first-order valence-corrected chi connectivity index (χ1v) is 7.17. The van der Waals surface area contributed by atoms with Gasteiger partial charge in [-0.05, 0) is 53.7 Å². The molecule has 2 aromatic rings. The third-order valence-corrected chi connectivity index (χ3v) is 3.18. The van der Waals surface area contributed by atoms with Gasteiger partial charge in [-0.25, -0.2) is 4.39 Å². The van der Waals surface area contributed by atoms with Gasteiger partial charge in [0.15, 0.2) is 16.6 Å². The van der Waals surface area contributed by atoms with Crippen LogP contribution in [0.5, 0.6) is 11.5 Å². The van der Waals surface area contributed by atoms with Gasteiger partial charge in [0.25, 0.3) is 0 Å². The van der Waals surface area contributed by atoms with Crippen LogP contribution in [0, 0.1) is 5.82 Å². The molecule has 23 heavy (non-hydrogen) atoms. The molecular formula is C16H16FN3O2S. The number of nitrogens with one attached hydrogen (secondary N) is 2. The van der Waals surface area contributed by atoms with Crippen LogP contribution in [-0.2, 0) is 6.54 Å². The molecule has 0 bridgehead atoms. The zero-order chi connectivity index (χ0) is 16.7. The average molecular weight is 333 g/mol. The van der Waals surface area contributed by atoms with Crippen LogP contribution in [0.1, 0.15) is 11.1 Å². The number of halogens is 1. The van der Waals surface area contributed by atoms with Gasteiger partial charge >= 0.3 is 0 Å². The number of nitrogens with zero attached hydrogens (tertiary/aromatic N) is 1. The maximum absolute atomic E-state index is 12.8. The quantitative estimate of drug-likeness (QED) is 0.446. The van der Waals surface area contributed by atoms with Crippen LogP contribution in [0.25, 0.3) is 0 Å². The molecule has 0 fully saturated rings. The molecule has 7 heteroatoms. The second kappa shape index (κ2) is 8.09. The van der Waals surface area contributed by atoms with Crippen molar-refractivity contribution in [2.45, 2.75) is 6.54 Å². The molecule has 0 amide bonds. The van der Waals surface area contributed by atoms with Crippen molar-refractivity contribution >= 4 is 23.5 Å². The summed E-state index contributed by atoms with van der Waals surface area (Å²) < 4.78 is 17.7. The lowest BCUT2D eigenvalue weighted by Gasteiger charge is -2.07. The van der Waals surface area contributed by atoms with E-state index in [1.54, 1.807) is 24.3 Å². The number of aromatic hydroxyl groups is 1. The molecule has 5 nitrogen and oxygen atoms in total. The Hall–Kier alpha value is -2.67. The van der Waals surface area contributed by atoms with E-state index >= 15 is 0 Å². The summed E-state index contributed by atoms with van der Waals surface area (Å²) in [5.74, 6) is 0.154. The molecule has 0 aliphatic heterocycles. The minimum atomic E-state index is -0.276. The Morgan fingerprint density at radius 1 is 1.30 bits per heavy atom. The Kier molecular flexibility index (Phi) is 5.87. The molecule has 0 atom stereocenters. The molecule has 0 unspecified atom stereocenters. The van der Waals surface area contributed by atoms with Gasteiger partial charge in [0.1, 0.15) is 5.82 Å². The molecular weight excluding hydrogens is 317 g/mol. The fourth-order valence-corrected chi connectivity index (χ4v) is 1.90. The fraction of sp³-hybridized carbons (Fsp3) is 0.125. The van der Waals surface area contributed by atoms with E-state index in [4.69, 9.17) is 17.0 Å². The maximum atomic E-state index is 12.8. The minimum Gasteiger partial charge on any atom is -0.504 e. The monoisotopic (exact) mass is 333 g/mol. The predicted molar refractivity (Wildman–Crippen MR) is 91.2 cm³/mol. The first-order chi connectivity index (χ1) is 11.1. The lowest BCUT2D eigenvalue weighted by molar-refractivity contribution is 0.373. The van der Waals surface area contributed by atoms with E-state index < -0.39 is 0 Å². The largest absolute Gasteiger partial charge is 0.504 e. The van der Waals surface area contributed by atoms with Crippen LogP contribution in [0.4, 0.5) is 4.39 Å². The van der Waals surface area contributed by atoms with E-state index in [1.165, 1.54) is 31.5 Å². The second-order valence-electron chi connectivity index (χ2n) is 4.61. The third kappa shape index (κ3) is 5.23. The van der Waals surface area contributed by atoms with Gasteiger partial charge in [0.2, 0.25) is 0 Å². The van der Waals surface area contributed by atoms with E-state index in [1.807, 2.05) is 0 Å². The highest BCUT2D eigenvalue weighted by Gasteiger charge is 2.01. The number of thiocarbonyl (C=S) groups is 1. The van der Waals surface area contributed by atoms with Crippen molar-refractivity contribution in [1.29, 1.82) is 0 Å². The molecule has 0 spiro atoms. The van der Waals surface area contributed by atoms with E-state index in [0.29, 0.717) is 23.0 Å². The number of phenols is 1. The molecule has 2 aromatic carbocycles. The molecule has 0 radical (unpaired) electrons. The van der Waals surface area contributed by atoms with E-state index in [-0.39, 0.29) is 11.6 Å². The number of benzene rings is 2. The van der Waals surface area contributed by atoms with E-state index in [0.717, 1.165) is 5.56 Å². The number of rotatable bonds is 5. The lowest BCUT2D eigenvalue weighted by Crippen LogP contribution is -2.31. The van der Waals surface area contributed by atoms with Crippen molar-refractivity contribution in [2.24, 2.45) is 5.10 Å². The Bertz CT molecular complexity index is 705. The number of hydrazone groups is 1. The zero-order valence-electron chi connectivity index (χ0n) is 12.4. The van der Waals surface area contributed by atoms with Gasteiger partial charge in [-0.15, -0.1) is 0 Å². The smallest absolute Gasteiger partial charge is 0.187 e. The third-order valence-electron chi connectivity index (χ3n) is 2.95. The minimum absolute atomic E-state index is 0.0356. The predicted octanol–water partition coefficient (Wildman–Crippen LogP) is 2.54. The van der Waals surface area contributed by atoms with Crippen molar-refractivity contribution in [3.63, 3.8) is 0 Å². The first kappa shape index (κ1) is 16.7. The topological polar surface area (TPSA) is 65.9 Å². The van der Waals surface area contributed by atoms with E-state index in [9.17, 15) is 9.50 Å². The number of ether oxygens (including phenoxy) is 1. The van der Waals surface area contributed by atoms with E-state index in [2.05, 4.69) is 15.8 Å². The highest BCUT2D eigenvalue weighted by Crippen LogP contribution is 2.25. The van der Waals surface area contributed by atoms with Crippen molar-refractivity contribution in [1.82, 2.24) is 10.7 Å². The van der Waals surface area contributed by atoms with Gasteiger partial charge < -0.3 is 15.2 Å². The highest BCUT2D eigenvalue weighted by molar-refractivity contribution is 7.80. The number of hydrogen-bond acceptors (Lipinski definition) is 4. The Balaban J connectivity index is 1.81. The Morgan fingerprint density at radius 2 is 2.04 bits per heavy atom. The molecule has 0 heterocycles. The van der Waals surface area contributed by atoms with Crippen LogP contribution in [-0.4, -0.2) is 23.5 Å². The highest BCUT2D eigenvalue weighted by atomic mass is 32.1. The molecule has 2 rings (SSSR count). The van der Waals surface area contributed by atoms with Gasteiger partial charge in [-0.1, -0.05) is 12.1 Å². The van der Waals surface area contributed by atoms with Gasteiger partial charge in [-0.2, -0.15) is 5.10 Å². The molecule has 3 N–H and O–H groups in total. The van der Waals surface area contributed by atoms with Crippen molar-refractivity contribution in [3.8, 4) is 11.5 Å². The van der Waals surface area contributed by atoms with Crippen LogP contribution in [0.15, 0.2) is 47.6 Å². The summed E-state index contributed by atoms with van der Waals surface area (Å²) in [5.41, 5.74) is 4.26. The number of hydrogen-bond donors (Lipinski definition) is 3. The summed E-state index contributed by atoms with van der Waals surface area (Å²) >= 11 is 5.08. The summed E-state index contributed by atoms with van der Waals surface area (Å²) in [5, 5.41) is 16.9. The summed E-state index contributed by atoms with van der Waals surface area (Å²) in [6.07, 6.45) is 1.52. The normalized spacial score (nSPS) is 10.5. The average Bonchev–Trinajstić information content (AvgIpc) is 2.54. The summed E-state index contributed by atoms with van der Waals surface area (Å²) in [6, 6.07) is 11.0. The summed E-state index contributed by atoms with van der Waals surface area (Å²) in [6.45, 7) is 0.463. The van der Waals surface area contributed by atoms with Gasteiger partial charge in [0.05, 0.1) is 13.3 Å². The summed E-state index contributed by atoms with van der Waals surface area (Å²) in [4.78, 5) is 0. The standard InChI is InChI=1S/C16H16FN3O2S/c1-22-15-7-4-12(8-14(15)21)10-19-20-16(23)18-9-11-2-5-13(17)6-3-11/h2-8,10,21H,9H2,1H3,(H2,18,20,23)/b19-10-. The van der Waals surface area contributed by atoms with Crippen LogP contribution < -0.4 is 15.5 Å². The molecule has 0 aromatic heterocycles. The van der Waals surface area contributed by atoms with Crippen molar-refractivity contribution < 1.29 is 14.2 Å². The molecule has 120 valence electrons. The molecule has 0 saturated carbocycles. The van der Waals surface area contributed by atoms with Gasteiger partial charge in [0, 0.05) is 6.54 Å².